The summed E-state index contributed by atoms with van der Waals surface area (Å²) in [7, 11) is -1.64. The van der Waals surface area contributed by atoms with Crippen LogP contribution in [0.15, 0.2) is 6.20 Å². The number of nitrogens with one attached hydrogen (secondary N) is 1. The van der Waals surface area contributed by atoms with Crippen LogP contribution in [0.5, 0.6) is 0 Å². The number of anilines is 1. The Bertz CT molecular complexity index is 538. The number of nitrogens with zero attached hydrogens (tertiary/aromatic N) is 1. The van der Waals surface area contributed by atoms with Gasteiger partial charge in [0.05, 0.1) is 24.8 Å². The standard InChI is InChI=1S/C10H14N2O4S2/c1-16-9(13)8-5-11-10(17-8)12-7-3-2-4-18(14,15)6-7/h5,7H,2-4,6H2,1H3,(H,11,12). The van der Waals surface area contributed by atoms with Crippen molar-refractivity contribution in [2.24, 2.45) is 0 Å². The molecule has 100 valence electrons. The van der Waals surface area contributed by atoms with Crippen LogP contribution in [0.4, 0.5) is 5.13 Å². The van der Waals surface area contributed by atoms with Gasteiger partial charge < -0.3 is 10.1 Å². The average molecular weight is 290 g/mol. The van der Waals surface area contributed by atoms with Crippen molar-refractivity contribution < 1.29 is 17.9 Å². The molecule has 0 aromatic carbocycles. The highest BCUT2D eigenvalue weighted by atomic mass is 32.2. The molecular formula is C10H14N2O4S2. The van der Waals surface area contributed by atoms with E-state index >= 15 is 0 Å². The first-order valence-corrected chi connectivity index (χ1v) is 8.15. The molecule has 1 aromatic rings. The molecule has 1 fully saturated rings. The summed E-state index contributed by atoms with van der Waals surface area (Å²) in [5.41, 5.74) is 0. The Morgan fingerprint density at radius 2 is 2.39 bits per heavy atom. The average Bonchev–Trinajstić information content (AvgIpc) is 2.75. The van der Waals surface area contributed by atoms with E-state index in [1.807, 2.05) is 0 Å². The molecule has 0 saturated carbocycles. The number of carbonyl (C=O) groups is 1. The molecule has 6 nitrogen and oxygen atoms in total. The molecule has 18 heavy (non-hydrogen) atoms. The van der Waals surface area contributed by atoms with Crippen LogP contribution in [0.2, 0.25) is 0 Å². The van der Waals surface area contributed by atoms with Crippen LogP contribution in [0.1, 0.15) is 22.5 Å². The van der Waals surface area contributed by atoms with E-state index in [-0.39, 0.29) is 17.5 Å². The van der Waals surface area contributed by atoms with Gasteiger partial charge in [-0.3, -0.25) is 0 Å². The monoisotopic (exact) mass is 290 g/mol. The maximum absolute atomic E-state index is 11.5. The van der Waals surface area contributed by atoms with E-state index in [1.54, 1.807) is 0 Å². The highest BCUT2D eigenvalue weighted by Gasteiger charge is 2.25. The first kappa shape index (κ1) is 13.3. The van der Waals surface area contributed by atoms with Gasteiger partial charge in [0.2, 0.25) is 0 Å². The molecule has 2 rings (SSSR count). The van der Waals surface area contributed by atoms with Crippen LogP contribution in [-0.4, -0.2) is 44.0 Å². The number of aromatic nitrogens is 1. The number of sulfone groups is 1. The number of ether oxygens (including phenoxy) is 1. The summed E-state index contributed by atoms with van der Waals surface area (Å²) in [5.74, 6) is -0.0480. The number of esters is 1. The molecular weight excluding hydrogens is 276 g/mol. The first-order chi connectivity index (χ1) is 8.50. The molecule has 1 aliphatic heterocycles. The Morgan fingerprint density at radius 3 is 3.06 bits per heavy atom. The van der Waals surface area contributed by atoms with Gasteiger partial charge in [0, 0.05) is 6.04 Å². The summed E-state index contributed by atoms with van der Waals surface area (Å²) in [6.07, 6.45) is 2.89. The lowest BCUT2D eigenvalue weighted by molar-refractivity contribution is 0.0606. The number of rotatable bonds is 3. The van der Waals surface area contributed by atoms with Gasteiger partial charge >= 0.3 is 5.97 Å². The maximum atomic E-state index is 11.5. The third kappa shape index (κ3) is 3.20. The van der Waals surface area contributed by atoms with Crippen LogP contribution in [0.25, 0.3) is 0 Å². The van der Waals surface area contributed by atoms with Crippen molar-refractivity contribution in [2.75, 3.05) is 23.9 Å². The topological polar surface area (TPSA) is 85.4 Å². The van der Waals surface area contributed by atoms with E-state index in [9.17, 15) is 13.2 Å². The van der Waals surface area contributed by atoms with Gasteiger partial charge in [-0.15, -0.1) is 0 Å². The molecule has 1 saturated heterocycles. The van der Waals surface area contributed by atoms with E-state index in [1.165, 1.54) is 24.6 Å². The van der Waals surface area contributed by atoms with Gasteiger partial charge in [-0.1, -0.05) is 11.3 Å². The molecule has 0 aliphatic carbocycles. The summed E-state index contributed by atoms with van der Waals surface area (Å²) in [6.45, 7) is 0. The van der Waals surface area contributed by atoms with Crippen molar-refractivity contribution in [3.8, 4) is 0 Å². The van der Waals surface area contributed by atoms with Gasteiger partial charge in [-0.25, -0.2) is 18.2 Å². The minimum absolute atomic E-state index is 0.125. The molecule has 0 radical (unpaired) electrons. The molecule has 1 N–H and O–H groups in total. The lowest BCUT2D eigenvalue weighted by Gasteiger charge is -2.22. The highest BCUT2D eigenvalue weighted by Crippen LogP contribution is 2.22. The molecule has 1 aromatic heterocycles. The predicted molar refractivity (Wildman–Crippen MR) is 68.8 cm³/mol. The lowest BCUT2D eigenvalue weighted by atomic mass is 10.2. The van der Waals surface area contributed by atoms with Crippen molar-refractivity contribution >= 4 is 32.3 Å². The SMILES string of the molecule is COC(=O)c1cnc(NC2CCCS(=O)(=O)C2)s1. The van der Waals surface area contributed by atoms with Crippen LogP contribution >= 0.6 is 11.3 Å². The van der Waals surface area contributed by atoms with E-state index < -0.39 is 15.8 Å². The molecule has 1 atom stereocenters. The lowest BCUT2D eigenvalue weighted by Crippen LogP contribution is -2.34. The number of carbonyl (C=O) groups excluding carboxylic acids is 1. The van der Waals surface area contributed by atoms with Crippen molar-refractivity contribution in [2.45, 2.75) is 18.9 Å². The van der Waals surface area contributed by atoms with Crippen LogP contribution < -0.4 is 5.32 Å². The molecule has 1 unspecified atom stereocenters. The van der Waals surface area contributed by atoms with E-state index in [2.05, 4.69) is 15.0 Å². The zero-order valence-electron chi connectivity index (χ0n) is 9.88. The number of hydrogen-bond acceptors (Lipinski definition) is 7. The van der Waals surface area contributed by atoms with Crippen LogP contribution in [0, 0.1) is 0 Å². The highest BCUT2D eigenvalue weighted by molar-refractivity contribution is 7.91. The molecule has 0 spiro atoms. The van der Waals surface area contributed by atoms with Gasteiger partial charge in [0.25, 0.3) is 0 Å². The Kier molecular flexibility index (Phi) is 3.86. The minimum Gasteiger partial charge on any atom is -0.465 e. The fourth-order valence-electron chi connectivity index (χ4n) is 1.85. The fraction of sp³-hybridized carbons (Fsp3) is 0.600. The van der Waals surface area contributed by atoms with Gasteiger partial charge in [-0.05, 0) is 12.8 Å². The molecule has 1 aliphatic rings. The molecule has 0 bridgehead atoms. The number of thiazole rings is 1. The number of methoxy groups -OCH3 is 1. The summed E-state index contributed by atoms with van der Waals surface area (Å²) >= 11 is 1.17. The van der Waals surface area contributed by atoms with Crippen LogP contribution in [-0.2, 0) is 14.6 Å². The van der Waals surface area contributed by atoms with Crippen molar-refractivity contribution in [1.29, 1.82) is 0 Å². The second kappa shape index (κ2) is 5.23. The maximum Gasteiger partial charge on any atom is 0.349 e. The van der Waals surface area contributed by atoms with Gasteiger partial charge in [-0.2, -0.15) is 0 Å². The largest absolute Gasteiger partial charge is 0.465 e. The van der Waals surface area contributed by atoms with E-state index in [0.717, 1.165) is 6.42 Å². The molecule has 2 heterocycles. The normalized spacial score (nSPS) is 22.4. The number of hydrogen-bond donors (Lipinski definition) is 1. The van der Waals surface area contributed by atoms with Crippen molar-refractivity contribution in [1.82, 2.24) is 4.98 Å². The minimum atomic E-state index is -2.94. The quantitative estimate of drug-likeness (QED) is 0.833. The smallest absolute Gasteiger partial charge is 0.349 e. The van der Waals surface area contributed by atoms with E-state index in [0.29, 0.717) is 16.4 Å². The first-order valence-electron chi connectivity index (χ1n) is 5.51. The second-order valence-electron chi connectivity index (χ2n) is 4.12. The Morgan fingerprint density at radius 1 is 1.61 bits per heavy atom. The Hall–Kier alpha value is -1.15. The molecule has 0 amide bonds. The zero-order chi connectivity index (χ0) is 13.2. The molecule has 8 heteroatoms. The zero-order valence-corrected chi connectivity index (χ0v) is 11.5. The Labute approximate surface area is 109 Å². The predicted octanol–water partition coefficient (Wildman–Crippen LogP) is 0.919. The van der Waals surface area contributed by atoms with Crippen molar-refractivity contribution in [3.05, 3.63) is 11.1 Å². The third-order valence-corrected chi connectivity index (χ3v) is 5.41. The fourth-order valence-corrected chi connectivity index (χ4v) is 4.29. The van der Waals surface area contributed by atoms with E-state index in [4.69, 9.17) is 0 Å². The second-order valence-corrected chi connectivity index (χ2v) is 7.38. The van der Waals surface area contributed by atoms with Gasteiger partial charge in [0.1, 0.15) is 4.88 Å². The summed E-state index contributed by atoms with van der Waals surface area (Å²) in [5, 5.41) is 3.61. The van der Waals surface area contributed by atoms with Crippen LogP contribution in [0.3, 0.4) is 0 Å². The summed E-state index contributed by atoms with van der Waals surface area (Å²) in [6, 6.07) is -0.125. The third-order valence-electron chi connectivity index (χ3n) is 2.68. The van der Waals surface area contributed by atoms with Gasteiger partial charge in [0.15, 0.2) is 15.0 Å². The van der Waals surface area contributed by atoms with Crippen molar-refractivity contribution in [3.63, 3.8) is 0 Å². The Balaban J connectivity index is 2.01. The summed E-state index contributed by atoms with van der Waals surface area (Å²) < 4.78 is 27.5. The summed E-state index contributed by atoms with van der Waals surface area (Å²) in [4.78, 5) is 15.7.